The first kappa shape index (κ1) is 15.9. The predicted octanol–water partition coefficient (Wildman–Crippen LogP) is 3.33. The Morgan fingerprint density at radius 1 is 0.923 bits per heavy atom. The third-order valence-electron chi connectivity index (χ3n) is 4.07. The van der Waals surface area contributed by atoms with Gasteiger partial charge in [0.15, 0.2) is 5.82 Å². The smallest absolute Gasteiger partial charge is 0.156 e. The Labute approximate surface area is 150 Å². The molecule has 7 heteroatoms. The van der Waals surface area contributed by atoms with Crippen molar-refractivity contribution in [3.63, 3.8) is 0 Å². The number of H-pyrrole nitrogens is 1. The van der Waals surface area contributed by atoms with Crippen LogP contribution in [0.3, 0.4) is 0 Å². The Morgan fingerprint density at radius 2 is 1.77 bits per heavy atom. The van der Waals surface area contributed by atoms with Crippen LogP contribution >= 0.6 is 0 Å². The van der Waals surface area contributed by atoms with Crippen LogP contribution in [0.1, 0.15) is 5.56 Å². The summed E-state index contributed by atoms with van der Waals surface area (Å²) in [5.74, 6) is 1.39. The molecule has 2 aromatic carbocycles. The van der Waals surface area contributed by atoms with Gasteiger partial charge in [0.25, 0.3) is 0 Å². The molecule has 4 aromatic rings. The van der Waals surface area contributed by atoms with Gasteiger partial charge < -0.3 is 16.4 Å². The summed E-state index contributed by atoms with van der Waals surface area (Å²) in [5.41, 5.74) is 10.4. The highest BCUT2D eigenvalue weighted by molar-refractivity contribution is 5.80. The van der Waals surface area contributed by atoms with Crippen molar-refractivity contribution >= 4 is 34.0 Å². The van der Waals surface area contributed by atoms with Gasteiger partial charge in [0, 0.05) is 12.2 Å². The van der Waals surface area contributed by atoms with Crippen LogP contribution in [0.2, 0.25) is 0 Å². The average molecular weight is 345 g/mol. The summed E-state index contributed by atoms with van der Waals surface area (Å²) in [6, 6.07) is 19.8. The number of benzene rings is 2. The molecule has 0 bridgehead atoms. The molecule has 0 saturated heterocycles. The standard InChI is InChI=1S/C19H19N7/c20-15-7-9-18(21-11-10-13-4-2-1-3-5-13)23-19(15)22-14-6-8-16-17(12-14)25-26-24-16/h1-9,12H,10-11,20H2,(H2,21,22,23)(H,24,25,26). The zero-order chi connectivity index (χ0) is 17.8. The van der Waals surface area contributed by atoms with Crippen LogP contribution in [0.25, 0.3) is 11.0 Å². The van der Waals surface area contributed by atoms with Crippen LogP contribution in [-0.4, -0.2) is 26.9 Å². The van der Waals surface area contributed by atoms with Crippen molar-refractivity contribution in [2.24, 2.45) is 0 Å². The topological polar surface area (TPSA) is 105 Å². The summed E-state index contributed by atoms with van der Waals surface area (Å²) in [6.07, 6.45) is 0.929. The van der Waals surface area contributed by atoms with E-state index in [0.29, 0.717) is 11.5 Å². The van der Waals surface area contributed by atoms with Crippen molar-refractivity contribution in [3.05, 3.63) is 66.2 Å². The fourth-order valence-corrected chi connectivity index (χ4v) is 2.70. The monoisotopic (exact) mass is 345 g/mol. The minimum absolute atomic E-state index is 0.582. The molecule has 7 nitrogen and oxygen atoms in total. The maximum Gasteiger partial charge on any atom is 0.156 e. The summed E-state index contributed by atoms with van der Waals surface area (Å²) in [4.78, 5) is 4.58. The summed E-state index contributed by atoms with van der Waals surface area (Å²) >= 11 is 0. The quantitative estimate of drug-likeness (QED) is 0.427. The van der Waals surface area contributed by atoms with E-state index in [1.165, 1.54) is 5.56 Å². The van der Waals surface area contributed by atoms with Crippen LogP contribution < -0.4 is 16.4 Å². The maximum atomic E-state index is 6.06. The average Bonchev–Trinajstić information content (AvgIpc) is 3.13. The number of aromatic amines is 1. The Kier molecular flexibility index (Phi) is 4.34. The van der Waals surface area contributed by atoms with E-state index in [0.717, 1.165) is 35.5 Å². The van der Waals surface area contributed by atoms with E-state index in [-0.39, 0.29) is 0 Å². The Hall–Kier alpha value is -3.61. The van der Waals surface area contributed by atoms with E-state index in [2.05, 4.69) is 43.2 Å². The summed E-state index contributed by atoms with van der Waals surface area (Å²) in [7, 11) is 0. The number of nitrogen functional groups attached to an aromatic ring is 1. The van der Waals surface area contributed by atoms with E-state index in [1.807, 2.05) is 48.5 Å². The van der Waals surface area contributed by atoms with Crippen molar-refractivity contribution in [1.29, 1.82) is 0 Å². The lowest BCUT2D eigenvalue weighted by atomic mass is 10.1. The molecular formula is C19H19N7. The minimum Gasteiger partial charge on any atom is -0.396 e. The second-order valence-corrected chi connectivity index (χ2v) is 5.95. The van der Waals surface area contributed by atoms with Crippen molar-refractivity contribution < 1.29 is 0 Å². The van der Waals surface area contributed by atoms with E-state index in [9.17, 15) is 0 Å². The van der Waals surface area contributed by atoms with Gasteiger partial charge >= 0.3 is 0 Å². The molecule has 0 amide bonds. The molecule has 0 unspecified atom stereocenters. The molecule has 0 fully saturated rings. The second kappa shape index (κ2) is 7.10. The summed E-state index contributed by atoms with van der Waals surface area (Å²) in [6.45, 7) is 0.797. The van der Waals surface area contributed by atoms with Crippen LogP contribution in [0.15, 0.2) is 60.7 Å². The molecule has 0 radical (unpaired) electrons. The molecule has 0 aliphatic carbocycles. The van der Waals surface area contributed by atoms with Gasteiger partial charge in [0.05, 0.1) is 5.69 Å². The molecule has 0 aliphatic rings. The highest BCUT2D eigenvalue weighted by Crippen LogP contribution is 2.24. The molecule has 130 valence electrons. The van der Waals surface area contributed by atoms with E-state index >= 15 is 0 Å². The van der Waals surface area contributed by atoms with Gasteiger partial charge in [0.1, 0.15) is 16.9 Å². The van der Waals surface area contributed by atoms with Gasteiger partial charge in [-0.05, 0) is 42.3 Å². The van der Waals surface area contributed by atoms with E-state index in [4.69, 9.17) is 5.73 Å². The number of rotatable bonds is 6. The molecule has 0 saturated carbocycles. The number of nitrogens with zero attached hydrogens (tertiary/aromatic N) is 3. The molecule has 5 N–H and O–H groups in total. The third kappa shape index (κ3) is 3.56. The zero-order valence-electron chi connectivity index (χ0n) is 14.1. The molecule has 0 aliphatic heterocycles. The zero-order valence-corrected chi connectivity index (χ0v) is 14.1. The van der Waals surface area contributed by atoms with Crippen LogP contribution in [0.4, 0.5) is 23.0 Å². The minimum atomic E-state index is 0.582. The molecule has 2 aromatic heterocycles. The third-order valence-corrected chi connectivity index (χ3v) is 4.07. The highest BCUT2D eigenvalue weighted by Gasteiger charge is 2.06. The normalized spacial score (nSPS) is 10.8. The van der Waals surface area contributed by atoms with Gasteiger partial charge in [-0.3, -0.25) is 0 Å². The Balaban J connectivity index is 1.45. The number of nitrogens with one attached hydrogen (secondary N) is 3. The van der Waals surface area contributed by atoms with E-state index in [1.54, 1.807) is 0 Å². The first-order chi connectivity index (χ1) is 12.8. The Morgan fingerprint density at radius 3 is 2.65 bits per heavy atom. The lowest BCUT2D eigenvalue weighted by molar-refractivity contribution is 0.959. The lowest BCUT2D eigenvalue weighted by Gasteiger charge is -2.11. The Bertz CT molecular complexity index is 1010. The van der Waals surface area contributed by atoms with Crippen molar-refractivity contribution in [1.82, 2.24) is 20.4 Å². The molecular weight excluding hydrogens is 326 g/mol. The van der Waals surface area contributed by atoms with E-state index < -0.39 is 0 Å². The van der Waals surface area contributed by atoms with Gasteiger partial charge in [0.2, 0.25) is 0 Å². The molecule has 2 heterocycles. The van der Waals surface area contributed by atoms with Crippen LogP contribution in [0.5, 0.6) is 0 Å². The number of nitrogens with two attached hydrogens (primary N) is 1. The summed E-state index contributed by atoms with van der Waals surface area (Å²) < 4.78 is 0. The molecule has 0 atom stereocenters. The van der Waals surface area contributed by atoms with Gasteiger partial charge in [-0.2, -0.15) is 15.4 Å². The number of hydrogen-bond acceptors (Lipinski definition) is 6. The van der Waals surface area contributed by atoms with Gasteiger partial charge in [-0.25, -0.2) is 4.98 Å². The van der Waals surface area contributed by atoms with Crippen molar-refractivity contribution in [2.45, 2.75) is 6.42 Å². The SMILES string of the molecule is Nc1ccc(NCCc2ccccc2)nc1Nc1ccc2n[nH]nc2c1. The summed E-state index contributed by atoms with van der Waals surface area (Å²) in [5, 5.41) is 17.3. The number of pyridine rings is 1. The van der Waals surface area contributed by atoms with Gasteiger partial charge in [-0.15, -0.1) is 0 Å². The number of hydrogen-bond donors (Lipinski definition) is 4. The molecule has 26 heavy (non-hydrogen) atoms. The lowest BCUT2D eigenvalue weighted by Crippen LogP contribution is -2.08. The largest absolute Gasteiger partial charge is 0.396 e. The fraction of sp³-hybridized carbons (Fsp3) is 0.105. The molecule has 0 spiro atoms. The van der Waals surface area contributed by atoms with Crippen molar-refractivity contribution in [2.75, 3.05) is 22.9 Å². The molecule has 4 rings (SSSR count). The van der Waals surface area contributed by atoms with Gasteiger partial charge in [-0.1, -0.05) is 30.3 Å². The number of anilines is 4. The predicted molar refractivity (Wildman–Crippen MR) is 104 cm³/mol. The number of aromatic nitrogens is 4. The second-order valence-electron chi connectivity index (χ2n) is 5.95. The maximum absolute atomic E-state index is 6.06. The highest BCUT2D eigenvalue weighted by atomic mass is 15.3. The first-order valence-corrected chi connectivity index (χ1v) is 8.40. The first-order valence-electron chi connectivity index (χ1n) is 8.40. The van der Waals surface area contributed by atoms with Crippen LogP contribution in [0, 0.1) is 0 Å². The fourth-order valence-electron chi connectivity index (χ4n) is 2.70. The van der Waals surface area contributed by atoms with Crippen LogP contribution in [-0.2, 0) is 6.42 Å². The van der Waals surface area contributed by atoms with Crippen molar-refractivity contribution in [3.8, 4) is 0 Å². The number of fused-ring (bicyclic) bond motifs is 1.